The summed E-state index contributed by atoms with van der Waals surface area (Å²) >= 11 is 0. The summed E-state index contributed by atoms with van der Waals surface area (Å²) in [6, 6.07) is -0.588. The van der Waals surface area contributed by atoms with Gasteiger partial charge < -0.3 is 10.6 Å². The molecule has 0 aromatic carbocycles. The Morgan fingerprint density at radius 3 is 2.65 bits per heavy atom. The van der Waals surface area contributed by atoms with Gasteiger partial charge in [0.1, 0.15) is 18.8 Å². The summed E-state index contributed by atoms with van der Waals surface area (Å²) in [5, 5.41) is 4.78. The van der Waals surface area contributed by atoms with Crippen molar-refractivity contribution in [3.05, 3.63) is 0 Å². The van der Waals surface area contributed by atoms with Gasteiger partial charge >= 0.3 is 6.03 Å². The number of carbonyl (C=O) groups excluding carboxylic acids is 3. The zero-order chi connectivity index (χ0) is 13.1. The van der Waals surface area contributed by atoms with Crippen molar-refractivity contribution >= 4 is 17.8 Å². The number of hydrogen-bond acceptors (Lipinski definition) is 3. The van der Waals surface area contributed by atoms with Crippen molar-refractivity contribution in [2.24, 2.45) is 0 Å². The molecule has 2 N–H and O–H groups in total. The van der Waals surface area contributed by atoms with Crippen LogP contribution in [0, 0.1) is 0 Å². The third kappa shape index (κ3) is 2.72. The van der Waals surface area contributed by atoms with Crippen molar-refractivity contribution in [2.45, 2.75) is 25.8 Å². The van der Waals surface area contributed by atoms with E-state index >= 15 is 0 Å². The normalized spacial score (nSPS) is 23.8. The number of nitrogens with zero attached hydrogens (tertiary/aromatic N) is 1. The van der Waals surface area contributed by atoms with Gasteiger partial charge in [0.25, 0.3) is 5.91 Å². The van der Waals surface area contributed by atoms with Crippen molar-refractivity contribution in [3.63, 3.8) is 0 Å². The Bertz CT molecular complexity index is 348. The lowest BCUT2D eigenvalue weighted by molar-refractivity contribution is -0.134. The van der Waals surface area contributed by atoms with E-state index in [1.807, 2.05) is 0 Å². The minimum atomic E-state index is -0.947. The van der Waals surface area contributed by atoms with Gasteiger partial charge in [0.15, 0.2) is 0 Å². The van der Waals surface area contributed by atoms with Crippen LogP contribution in [-0.4, -0.2) is 48.0 Å². The average Bonchev–Trinajstić information content (AvgIpc) is 2.51. The first-order chi connectivity index (χ1) is 7.94. The second-order valence-electron chi connectivity index (χ2n) is 4.05. The molecule has 1 aliphatic rings. The molecule has 0 aromatic heterocycles. The molecule has 17 heavy (non-hydrogen) atoms. The lowest BCUT2D eigenvalue weighted by Gasteiger charge is -2.18. The van der Waals surface area contributed by atoms with Gasteiger partial charge in [-0.25, -0.2) is 9.18 Å². The van der Waals surface area contributed by atoms with Crippen LogP contribution in [0.4, 0.5) is 9.18 Å². The number of hydrogen-bond donors (Lipinski definition) is 2. The molecule has 0 aliphatic carbocycles. The van der Waals surface area contributed by atoms with E-state index in [1.54, 1.807) is 13.8 Å². The molecule has 0 spiro atoms. The van der Waals surface area contributed by atoms with Gasteiger partial charge in [0, 0.05) is 6.54 Å². The van der Waals surface area contributed by atoms with Crippen LogP contribution >= 0.6 is 0 Å². The Morgan fingerprint density at radius 1 is 1.53 bits per heavy atom. The third-order valence-electron chi connectivity index (χ3n) is 2.77. The molecule has 1 rings (SSSR count). The van der Waals surface area contributed by atoms with Gasteiger partial charge in [-0.1, -0.05) is 6.92 Å². The summed E-state index contributed by atoms with van der Waals surface area (Å²) in [7, 11) is 0. The van der Waals surface area contributed by atoms with Crippen LogP contribution in [0.3, 0.4) is 0 Å². The maximum Gasteiger partial charge on any atom is 0.325 e. The zero-order valence-corrected chi connectivity index (χ0v) is 9.88. The molecule has 1 aliphatic heterocycles. The van der Waals surface area contributed by atoms with E-state index in [-0.39, 0.29) is 13.1 Å². The van der Waals surface area contributed by atoms with Crippen LogP contribution in [0.1, 0.15) is 20.3 Å². The van der Waals surface area contributed by atoms with Crippen molar-refractivity contribution in [1.82, 2.24) is 15.5 Å². The van der Waals surface area contributed by atoms with E-state index in [9.17, 15) is 18.8 Å². The maximum atomic E-state index is 11.9. The van der Waals surface area contributed by atoms with Crippen molar-refractivity contribution in [1.29, 1.82) is 0 Å². The fourth-order valence-electron chi connectivity index (χ4n) is 1.52. The highest BCUT2D eigenvalue weighted by atomic mass is 19.1. The minimum Gasteiger partial charge on any atom is -0.352 e. The Balaban J connectivity index is 2.63. The minimum absolute atomic E-state index is 0.118. The molecule has 0 aromatic rings. The first kappa shape index (κ1) is 13.4. The summed E-state index contributed by atoms with van der Waals surface area (Å²) < 4.78 is 11.8. The van der Waals surface area contributed by atoms with Crippen LogP contribution in [-0.2, 0) is 9.59 Å². The zero-order valence-electron chi connectivity index (χ0n) is 9.88. The predicted molar refractivity (Wildman–Crippen MR) is 57.9 cm³/mol. The number of alkyl halides is 1. The molecule has 1 atom stereocenters. The fraction of sp³-hybridized carbons (Fsp3) is 0.700. The van der Waals surface area contributed by atoms with Crippen molar-refractivity contribution in [3.8, 4) is 0 Å². The Morgan fingerprint density at radius 2 is 2.18 bits per heavy atom. The van der Waals surface area contributed by atoms with Gasteiger partial charge in [-0.05, 0) is 13.3 Å². The highest BCUT2D eigenvalue weighted by Crippen LogP contribution is 2.20. The highest BCUT2D eigenvalue weighted by molar-refractivity contribution is 6.08. The Hall–Kier alpha value is -1.66. The largest absolute Gasteiger partial charge is 0.352 e. The molecule has 4 amide bonds. The molecule has 1 heterocycles. The van der Waals surface area contributed by atoms with E-state index in [1.165, 1.54) is 0 Å². The standard InChI is InChI=1S/C10H16FN3O3/c1-3-10(2)8(16)14(9(17)13-10)6-7(15)12-5-4-11/h3-6H2,1-2H3,(H,12,15)(H,13,17)/t10-/m1/s1. The van der Waals surface area contributed by atoms with Crippen LogP contribution in [0.15, 0.2) is 0 Å². The lowest BCUT2D eigenvalue weighted by atomic mass is 9.99. The SMILES string of the molecule is CC[C@@]1(C)NC(=O)N(CC(=O)NCCF)C1=O. The molecule has 96 valence electrons. The first-order valence-corrected chi connectivity index (χ1v) is 5.41. The molecular formula is C10H16FN3O3. The van der Waals surface area contributed by atoms with Crippen LogP contribution in [0.25, 0.3) is 0 Å². The fourth-order valence-corrected chi connectivity index (χ4v) is 1.52. The predicted octanol–water partition coefficient (Wildman–Crippen LogP) is -0.207. The highest BCUT2D eigenvalue weighted by Gasteiger charge is 2.46. The number of halogens is 1. The number of imide groups is 1. The molecule has 0 bridgehead atoms. The number of amides is 4. The Labute approximate surface area is 98.5 Å². The van der Waals surface area contributed by atoms with Gasteiger partial charge in [-0.3, -0.25) is 14.5 Å². The smallest absolute Gasteiger partial charge is 0.325 e. The summed E-state index contributed by atoms with van der Waals surface area (Å²) in [6.07, 6.45) is 0.445. The van der Waals surface area contributed by atoms with Gasteiger partial charge in [-0.15, -0.1) is 0 Å². The quantitative estimate of drug-likeness (QED) is 0.658. The van der Waals surface area contributed by atoms with E-state index in [2.05, 4.69) is 10.6 Å². The number of carbonyl (C=O) groups is 3. The average molecular weight is 245 g/mol. The molecule has 1 fully saturated rings. The van der Waals surface area contributed by atoms with Crippen LogP contribution < -0.4 is 10.6 Å². The molecule has 0 unspecified atom stereocenters. The van der Waals surface area contributed by atoms with E-state index in [0.29, 0.717) is 6.42 Å². The number of nitrogens with one attached hydrogen (secondary N) is 2. The summed E-state index contributed by atoms with van der Waals surface area (Å²) in [4.78, 5) is 35.5. The van der Waals surface area contributed by atoms with Crippen LogP contribution in [0.5, 0.6) is 0 Å². The van der Waals surface area contributed by atoms with Crippen molar-refractivity contribution in [2.75, 3.05) is 19.8 Å². The second kappa shape index (κ2) is 5.11. The Kier molecular flexibility index (Phi) is 4.03. The van der Waals surface area contributed by atoms with E-state index in [0.717, 1.165) is 4.90 Å². The van der Waals surface area contributed by atoms with Gasteiger partial charge in [0.05, 0.1) is 0 Å². The molecule has 0 saturated carbocycles. The van der Waals surface area contributed by atoms with Crippen molar-refractivity contribution < 1.29 is 18.8 Å². The number of rotatable bonds is 5. The van der Waals surface area contributed by atoms with E-state index in [4.69, 9.17) is 0 Å². The molecular weight excluding hydrogens is 229 g/mol. The van der Waals surface area contributed by atoms with Crippen LogP contribution in [0.2, 0.25) is 0 Å². The molecule has 1 saturated heterocycles. The summed E-state index contributed by atoms with van der Waals surface area (Å²) in [5.74, 6) is -0.980. The number of urea groups is 1. The molecule has 6 nitrogen and oxygen atoms in total. The molecule has 7 heteroatoms. The maximum absolute atomic E-state index is 11.9. The van der Waals surface area contributed by atoms with Gasteiger partial charge in [0.2, 0.25) is 5.91 Å². The lowest BCUT2D eigenvalue weighted by Crippen LogP contribution is -2.44. The monoisotopic (exact) mass is 245 g/mol. The second-order valence-corrected chi connectivity index (χ2v) is 4.05. The first-order valence-electron chi connectivity index (χ1n) is 5.41. The van der Waals surface area contributed by atoms with E-state index < -0.39 is 30.1 Å². The molecule has 0 radical (unpaired) electrons. The summed E-state index contributed by atoms with van der Waals surface area (Å²) in [6.45, 7) is 2.20. The third-order valence-corrected chi connectivity index (χ3v) is 2.77. The van der Waals surface area contributed by atoms with Gasteiger partial charge in [-0.2, -0.15) is 0 Å². The topological polar surface area (TPSA) is 78.5 Å². The summed E-state index contributed by atoms with van der Waals surface area (Å²) in [5.41, 5.74) is -0.947.